The van der Waals surface area contributed by atoms with E-state index in [4.69, 9.17) is 8.83 Å². The van der Waals surface area contributed by atoms with E-state index in [1.807, 2.05) is 12.1 Å². The Labute approximate surface area is 305 Å². The first kappa shape index (κ1) is 29.6. The van der Waals surface area contributed by atoms with E-state index in [1.54, 1.807) is 0 Å². The highest BCUT2D eigenvalue weighted by atomic mass is 16.3. The summed E-state index contributed by atoms with van der Waals surface area (Å²) in [4.78, 5) is 2.40. The Morgan fingerprint density at radius 2 is 0.981 bits per heavy atom. The molecule has 0 amide bonds. The zero-order valence-electron chi connectivity index (χ0n) is 28.7. The molecule has 53 heavy (non-hydrogen) atoms. The summed E-state index contributed by atoms with van der Waals surface area (Å²) in [5, 5.41) is 9.09. The molecule has 11 aromatic rings. The van der Waals surface area contributed by atoms with Gasteiger partial charge in [-0.25, -0.2) is 0 Å². The van der Waals surface area contributed by atoms with Gasteiger partial charge in [0, 0.05) is 38.4 Å². The first-order valence-corrected chi connectivity index (χ1v) is 18.0. The molecule has 9 aromatic carbocycles. The van der Waals surface area contributed by atoms with Crippen molar-refractivity contribution in [1.29, 1.82) is 0 Å². The molecule has 3 nitrogen and oxygen atoms in total. The Balaban J connectivity index is 1.19. The fourth-order valence-corrected chi connectivity index (χ4v) is 8.18. The van der Waals surface area contributed by atoms with E-state index in [0.29, 0.717) is 0 Å². The Morgan fingerprint density at radius 1 is 0.340 bits per heavy atom. The number of nitrogens with zero attached hydrogens (tertiary/aromatic N) is 1. The second-order valence-electron chi connectivity index (χ2n) is 13.7. The maximum Gasteiger partial charge on any atom is 0.143 e. The zero-order chi connectivity index (χ0) is 34.9. The van der Waals surface area contributed by atoms with Gasteiger partial charge in [0.15, 0.2) is 0 Å². The minimum atomic E-state index is 0.849. The summed E-state index contributed by atoms with van der Waals surface area (Å²) in [6.07, 6.45) is 0. The molecule has 0 unspecified atom stereocenters. The van der Waals surface area contributed by atoms with Crippen LogP contribution in [-0.2, 0) is 0 Å². The van der Waals surface area contributed by atoms with E-state index in [-0.39, 0.29) is 0 Å². The van der Waals surface area contributed by atoms with Crippen molar-refractivity contribution in [2.45, 2.75) is 0 Å². The molecule has 0 spiro atoms. The zero-order valence-corrected chi connectivity index (χ0v) is 28.7. The third kappa shape index (κ3) is 4.68. The predicted octanol–water partition coefficient (Wildman–Crippen LogP) is 14.6. The fourth-order valence-electron chi connectivity index (χ4n) is 8.18. The number of rotatable bonds is 5. The van der Waals surface area contributed by atoms with Gasteiger partial charge in [-0.15, -0.1) is 0 Å². The SMILES string of the molecule is c1cc(-c2ccc3ccccc3c2)cc(N(c2ccccc2-c2cccc3c2oc2ccccc23)c2cccc3oc4c5ccccc5ccc4c23)c1. The van der Waals surface area contributed by atoms with Gasteiger partial charge >= 0.3 is 0 Å². The predicted molar refractivity (Wildman–Crippen MR) is 222 cm³/mol. The number of anilines is 3. The van der Waals surface area contributed by atoms with Crippen molar-refractivity contribution in [1.82, 2.24) is 0 Å². The van der Waals surface area contributed by atoms with Crippen LogP contribution in [0.2, 0.25) is 0 Å². The summed E-state index contributed by atoms with van der Waals surface area (Å²) < 4.78 is 13.3. The Bertz CT molecular complexity index is 3200. The van der Waals surface area contributed by atoms with Gasteiger partial charge in [-0.1, -0.05) is 140 Å². The molecular weight excluding hydrogens is 647 g/mol. The van der Waals surface area contributed by atoms with E-state index in [2.05, 4.69) is 181 Å². The topological polar surface area (TPSA) is 29.5 Å². The summed E-state index contributed by atoms with van der Waals surface area (Å²) >= 11 is 0. The van der Waals surface area contributed by atoms with Gasteiger partial charge in [0.1, 0.15) is 22.3 Å². The third-order valence-electron chi connectivity index (χ3n) is 10.6. The lowest BCUT2D eigenvalue weighted by atomic mass is 9.97. The van der Waals surface area contributed by atoms with Crippen LogP contribution in [0.5, 0.6) is 0 Å². The number of fused-ring (bicyclic) bond motifs is 9. The summed E-state index contributed by atoms with van der Waals surface area (Å²) in [6.45, 7) is 0. The summed E-state index contributed by atoms with van der Waals surface area (Å²) in [6, 6.07) is 66.8. The van der Waals surface area contributed by atoms with Crippen molar-refractivity contribution in [2.24, 2.45) is 0 Å². The first-order chi connectivity index (χ1) is 26.3. The Kier molecular flexibility index (Phi) is 6.55. The van der Waals surface area contributed by atoms with Gasteiger partial charge in [-0.3, -0.25) is 0 Å². The highest BCUT2D eigenvalue weighted by Gasteiger charge is 2.24. The van der Waals surface area contributed by atoms with Crippen LogP contribution in [0.15, 0.2) is 197 Å². The molecule has 0 saturated carbocycles. The van der Waals surface area contributed by atoms with Gasteiger partial charge in [-0.05, 0) is 75.8 Å². The Morgan fingerprint density at radius 3 is 1.92 bits per heavy atom. The maximum atomic E-state index is 6.73. The number of furan rings is 2. The second-order valence-corrected chi connectivity index (χ2v) is 13.7. The molecule has 2 aromatic heterocycles. The minimum Gasteiger partial charge on any atom is -0.455 e. The second kappa shape index (κ2) is 11.7. The number of benzene rings is 9. The van der Waals surface area contributed by atoms with Crippen LogP contribution in [-0.4, -0.2) is 0 Å². The molecule has 0 aliphatic carbocycles. The average Bonchev–Trinajstić information content (AvgIpc) is 3.81. The monoisotopic (exact) mass is 677 g/mol. The van der Waals surface area contributed by atoms with Crippen LogP contribution in [0, 0.1) is 0 Å². The van der Waals surface area contributed by atoms with Gasteiger partial charge in [0.25, 0.3) is 0 Å². The van der Waals surface area contributed by atoms with E-state index in [9.17, 15) is 0 Å². The summed E-state index contributed by atoms with van der Waals surface area (Å²) in [7, 11) is 0. The molecule has 0 fully saturated rings. The van der Waals surface area contributed by atoms with Crippen LogP contribution in [0.4, 0.5) is 17.1 Å². The van der Waals surface area contributed by atoms with Gasteiger partial charge < -0.3 is 13.7 Å². The molecule has 0 saturated heterocycles. The smallest absolute Gasteiger partial charge is 0.143 e. The standard InChI is InChI=1S/C50H31NO2/c1-2-14-34-30-36(27-26-32(34)12-1)35-15-9-16-37(31-35)51(45-23-11-25-47-48(45)43-29-28-33-13-3-4-17-38(33)49(43)53-47)44-22-7-5-18-39(44)41-20-10-21-42-40-19-6-8-24-46(40)52-50(41)42/h1-31H. The van der Waals surface area contributed by atoms with Crippen LogP contribution in [0.1, 0.15) is 0 Å². The highest BCUT2D eigenvalue weighted by Crippen LogP contribution is 2.48. The minimum absolute atomic E-state index is 0.849. The van der Waals surface area contributed by atoms with Gasteiger partial charge in [-0.2, -0.15) is 0 Å². The van der Waals surface area contributed by atoms with E-state index < -0.39 is 0 Å². The number of hydrogen-bond acceptors (Lipinski definition) is 3. The molecule has 0 aliphatic rings. The summed E-state index contributed by atoms with van der Waals surface area (Å²) in [5.41, 5.74) is 11.1. The van der Waals surface area contributed by atoms with Crippen molar-refractivity contribution in [3.05, 3.63) is 188 Å². The molecule has 2 heterocycles. The normalized spacial score (nSPS) is 11.8. The fraction of sp³-hybridized carbons (Fsp3) is 0. The van der Waals surface area contributed by atoms with Crippen molar-refractivity contribution in [2.75, 3.05) is 4.90 Å². The highest BCUT2D eigenvalue weighted by molar-refractivity contribution is 6.20. The molecule has 3 heteroatoms. The summed E-state index contributed by atoms with van der Waals surface area (Å²) in [5.74, 6) is 0. The molecule has 0 bridgehead atoms. The molecule has 0 aliphatic heterocycles. The quantitative estimate of drug-likeness (QED) is 0.182. The van der Waals surface area contributed by atoms with Gasteiger partial charge in [0.2, 0.25) is 0 Å². The van der Waals surface area contributed by atoms with E-state index in [0.717, 1.165) is 88.4 Å². The van der Waals surface area contributed by atoms with Gasteiger partial charge in [0.05, 0.1) is 16.8 Å². The van der Waals surface area contributed by atoms with Crippen molar-refractivity contribution < 1.29 is 8.83 Å². The Hall–Kier alpha value is -7.10. The first-order valence-electron chi connectivity index (χ1n) is 18.0. The van der Waals surface area contributed by atoms with Crippen LogP contribution >= 0.6 is 0 Å². The van der Waals surface area contributed by atoms with Crippen molar-refractivity contribution >= 4 is 82.5 Å². The number of hydrogen-bond donors (Lipinski definition) is 0. The van der Waals surface area contributed by atoms with Crippen LogP contribution in [0.3, 0.4) is 0 Å². The lowest BCUT2D eigenvalue weighted by Crippen LogP contribution is -2.11. The molecule has 248 valence electrons. The molecule has 0 N–H and O–H groups in total. The molecule has 11 rings (SSSR count). The van der Waals surface area contributed by atoms with Crippen molar-refractivity contribution in [3.63, 3.8) is 0 Å². The third-order valence-corrected chi connectivity index (χ3v) is 10.6. The molecule has 0 radical (unpaired) electrons. The van der Waals surface area contributed by atoms with Crippen LogP contribution in [0.25, 0.3) is 87.7 Å². The van der Waals surface area contributed by atoms with Crippen molar-refractivity contribution in [3.8, 4) is 22.3 Å². The van der Waals surface area contributed by atoms with E-state index in [1.165, 1.54) is 16.3 Å². The van der Waals surface area contributed by atoms with E-state index >= 15 is 0 Å². The average molecular weight is 678 g/mol. The molecule has 0 atom stereocenters. The lowest BCUT2D eigenvalue weighted by Gasteiger charge is -2.29. The lowest BCUT2D eigenvalue weighted by molar-refractivity contribution is 0.670. The maximum absolute atomic E-state index is 6.73. The number of para-hydroxylation sites is 3. The molecular formula is C50H31NO2. The largest absolute Gasteiger partial charge is 0.455 e. The van der Waals surface area contributed by atoms with Crippen LogP contribution < -0.4 is 4.90 Å².